The number of halogens is 1. The Labute approximate surface area is 100 Å². The van der Waals surface area contributed by atoms with E-state index in [4.69, 9.17) is 0 Å². The molecule has 2 rings (SSSR count). The average Bonchev–Trinajstić information content (AvgIpc) is 2.60. The van der Waals surface area contributed by atoms with Gasteiger partial charge < -0.3 is 0 Å². The van der Waals surface area contributed by atoms with Crippen molar-refractivity contribution < 1.29 is 9.38 Å². The maximum Gasteiger partial charge on any atom is 0.267 e. The topological polar surface area (TPSA) is 38.4 Å². The van der Waals surface area contributed by atoms with Gasteiger partial charge in [-0.05, 0) is 37.0 Å². The van der Waals surface area contributed by atoms with Gasteiger partial charge in [0.2, 0.25) is 0 Å². The summed E-state index contributed by atoms with van der Waals surface area (Å²) < 4.78 is 12.7. The van der Waals surface area contributed by atoms with Gasteiger partial charge in [-0.15, -0.1) is 0 Å². The number of hydrogen-bond donors (Lipinski definition) is 2. The molecule has 4 heteroatoms. The molecule has 0 aromatic heterocycles. The van der Waals surface area contributed by atoms with E-state index < -0.39 is 0 Å². The van der Waals surface area contributed by atoms with Crippen LogP contribution < -0.4 is 10.4 Å². The molecular formula is C13H17FN3+. The van der Waals surface area contributed by atoms with Crippen molar-refractivity contribution in [3.8, 4) is 0 Å². The summed E-state index contributed by atoms with van der Waals surface area (Å²) in [5.41, 5.74) is 3.89. The van der Waals surface area contributed by atoms with E-state index >= 15 is 0 Å². The first-order chi connectivity index (χ1) is 8.34. The van der Waals surface area contributed by atoms with Gasteiger partial charge in [0, 0.05) is 0 Å². The highest BCUT2D eigenvalue weighted by Crippen LogP contribution is 2.00. The first kappa shape index (κ1) is 11.8. The summed E-state index contributed by atoms with van der Waals surface area (Å²) in [5, 5.41) is 4.14. The molecule has 0 fully saturated rings. The van der Waals surface area contributed by atoms with Crippen LogP contribution in [0.1, 0.15) is 31.2 Å². The third-order valence-electron chi connectivity index (χ3n) is 2.73. The molecule has 1 heterocycles. The molecule has 90 valence electrons. The molecule has 0 bridgehead atoms. The van der Waals surface area contributed by atoms with Crippen LogP contribution >= 0.6 is 0 Å². The quantitative estimate of drug-likeness (QED) is 0.576. The Morgan fingerprint density at radius 1 is 1.18 bits per heavy atom. The number of nitrogens with zero attached hydrogens (tertiary/aromatic N) is 1. The zero-order valence-electron chi connectivity index (χ0n) is 9.75. The highest BCUT2D eigenvalue weighted by Gasteiger charge is 2.07. The summed E-state index contributed by atoms with van der Waals surface area (Å²) in [6.45, 7) is 1.01. The molecule has 1 aliphatic heterocycles. The maximum absolute atomic E-state index is 12.7. The number of benzene rings is 1. The Hall–Kier alpha value is -1.71. The minimum Gasteiger partial charge on any atom is -0.277 e. The molecule has 0 radical (unpaired) electrons. The van der Waals surface area contributed by atoms with Crippen LogP contribution in [-0.2, 0) is 0 Å². The predicted molar refractivity (Wildman–Crippen MR) is 66.4 cm³/mol. The van der Waals surface area contributed by atoms with Crippen molar-refractivity contribution in [3.63, 3.8) is 0 Å². The summed E-state index contributed by atoms with van der Waals surface area (Å²) in [7, 11) is 0. The average molecular weight is 234 g/mol. The first-order valence-electron chi connectivity index (χ1n) is 5.99. The van der Waals surface area contributed by atoms with E-state index in [1.165, 1.54) is 31.4 Å². The van der Waals surface area contributed by atoms with Crippen LogP contribution in [0.3, 0.4) is 0 Å². The third kappa shape index (κ3) is 3.98. The van der Waals surface area contributed by atoms with Gasteiger partial charge in [0.15, 0.2) is 0 Å². The van der Waals surface area contributed by atoms with Crippen molar-refractivity contribution in [2.45, 2.75) is 25.7 Å². The van der Waals surface area contributed by atoms with Crippen molar-refractivity contribution >= 4 is 12.1 Å². The fourth-order valence-corrected chi connectivity index (χ4v) is 1.76. The van der Waals surface area contributed by atoms with E-state index in [-0.39, 0.29) is 5.82 Å². The van der Waals surface area contributed by atoms with Gasteiger partial charge in [-0.25, -0.2) is 4.39 Å². The standard InChI is InChI=1S/C13H16FN3/c14-12-7-5-11(6-8-12)10-16-17-13-4-2-1-3-9-15-13/h5-8,10H,1-4,9H2,(H,15,17)/p+1/b16-10+. The monoisotopic (exact) mass is 234 g/mol. The van der Waals surface area contributed by atoms with Gasteiger partial charge in [-0.1, -0.05) is 17.2 Å². The molecule has 1 aromatic rings. The zero-order chi connectivity index (χ0) is 11.9. The zero-order valence-corrected chi connectivity index (χ0v) is 9.75. The molecule has 1 aromatic carbocycles. The Bertz CT molecular complexity index is 409. The summed E-state index contributed by atoms with van der Waals surface area (Å²) in [5.74, 6) is 0.843. The van der Waals surface area contributed by atoms with Gasteiger partial charge in [0.05, 0.1) is 19.2 Å². The largest absolute Gasteiger partial charge is 0.277 e. The second kappa shape index (κ2) is 6.13. The Balaban J connectivity index is 1.88. The van der Waals surface area contributed by atoms with Crippen LogP contribution in [-0.4, -0.2) is 18.6 Å². The predicted octanol–water partition coefficient (Wildman–Crippen LogP) is 0.802. The fraction of sp³-hybridized carbons (Fsp3) is 0.385. The summed E-state index contributed by atoms with van der Waals surface area (Å²) >= 11 is 0. The first-order valence-corrected chi connectivity index (χ1v) is 5.99. The Morgan fingerprint density at radius 2 is 2.00 bits per heavy atom. The van der Waals surface area contributed by atoms with Crippen molar-refractivity contribution in [2.24, 2.45) is 5.10 Å². The smallest absolute Gasteiger partial charge is 0.267 e. The van der Waals surface area contributed by atoms with Crippen LogP contribution in [0.25, 0.3) is 0 Å². The van der Waals surface area contributed by atoms with Crippen LogP contribution in [0, 0.1) is 5.82 Å². The summed E-state index contributed by atoms with van der Waals surface area (Å²) in [4.78, 5) is 3.31. The summed E-state index contributed by atoms with van der Waals surface area (Å²) in [6, 6.07) is 6.26. The van der Waals surface area contributed by atoms with E-state index in [0.717, 1.165) is 24.4 Å². The van der Waals surface area contributed by atoms with E-state index in [1.54, 1.807) is 18.3 Å². The van der Waals surface area contributed by atoms with Crippen molar-refractivity contribution in [2.75, 3.05) is 6.54 Å². The molecule has 0 amide bonds. The number of hydrogen-bond acceptors (Lipinski definition) is 2. The van der Waals surface area contributed by atoms with Gasteiger partial charge in [-0.3, -0.25) is 4.99 Å². The minimum atomic E-state index is -0.227. The SMILES string of the molecule is Fc1ccc(/C=N/NC2=[NH+]CCCCC2)cc1. The summed E-state index contributed by atoms with van der Waals surface area (Å²) in [6.07, 6.45) is 6.38. The lowest BCUT2D eigenvalue weighted by molar-refractivity contribution is -0.459. The van der Waals surface area contributed by atoms with Gasteiger partial charge in [-0.2, -0.15) is 5.43 Å². The maximum atomic E-state index is 12.7. The van der Waals surface area contributed by atoms with E-state index in [9.17, 15) is 4.39 Å². The molecule has 1 aliphatic rings. The van der Waals surface area contributed by atoms with Gasteiger partial charge in [0.1, 0.15) is 5.82 Å². The van der Waals surface area contributed by atoms with E-state index in [2.05, 4.69) is 15.5 Å². The van der Waals surface area contributed by atoms with Crippen LogP contribution in [0.4, 0.5) is 4.39 Å². The number of rotatable bonds is 2. The molecule has 0 atom stereocenters. The Kier molecular flexibility index (Phi) is 4.24. The minimum absolute atomic E-state index is 0.227. The van der Waals surface area contributed by atoms with Crippen molar-refractivity contribution in [3.05, 3.63) is 35.6 Å². The molecule has 0 saturated heterocycles. The normalized spacial score (nSPS) is 16.6. The number of nitrogens with one attached hydrogen (secondary N) is 2. The van der Waals surface area contributed by atoms with Crippen molar-refractivity contribution in [1.82, 2.24) is 5.43 Å². The lowest BCUT2D eigenvalue weighted by Gasteiger charge is -1.94. The highest BCUT2D eigenvalue weighted by atomic mass is 19.1. The number of hydrazone groups is 1. The van der Waals surface area contributed by atoms with E-state index in [1.807, 2.05) is 0 Å². The van der Waals surface area contributed by atoms with Crippen LogP contribution in [0.5, 0.6) is 0 Å². The molecule has 0 unspecified atom stereocenters. The molecule has 2 N–H and O–H groups in total. The second-order valence-electron chi connectivity index (χ2n) is 4.14. The lowest BCUT2D eigenvalue weighted by atomic mass is 10.2. The highest BCUT2D eigenvalue weighted by molar-refractivity contribution is 5.82. The molecule has 0 aliphatic carbocycles. The molecule has 0 spiro atoms. The molecule has 3 nitrogen and oxygen atoms in total. The van der Waals surface area contributed by atoms with E-state index in [0.29, 0.717) is 0 Å². The molecular weight excluding hydrogens is 217 g/mol. The third-order valence-corrected chi connectivity index (χ3v) is 2.73. The lowest BCUT2D eigenvalue weighted by Crippen LogP contribution is -2.75. The fourth-order valence-electron chi connectivity index (χ4n) is 1.76. The van der Waals surface area contributed by atoms with Crippen molar-refractivity contribution in [1.29, 1.82) is 0 Å². The molecule has 0 saturated carbocycles. The van der Waals surface area contributed by atoms with Gasteiger partial charge >= 0.3 is 0 Å². The van der Waals surface area contributed by atoms with Crippen LogP contribution in [0.15, 0.2) is 29.4 Å². The van der Waals surface area contributed by atoms with Gasteiger partial charge in [0.25, 0.3) is 5.84 Å². The Morgan fingerprint density at radius 3 is 2.82 bits per heavy atom. The molecule has 17 heavy (non-hydrogen) atoms. The second-order valence-corrected chi connectivity index (χ2v) is 4.14. The van der Waals surface area contributed by atoms with Crippen LogP contribution in [0.2, 0.25) is 0 Å². The number of amidine groups is 1.